The molecule has 0 atom stereocenters. The highest BCUT2D eigenvalue weighted by molar-refractivity contribution is 5.99. The minimum atomic E-state index is -1.84. The van der Waals surface area contributed by atoms with Crippen LogP contribution < -0.4 is 0 Å². The van der Waals surface area contributed by atoms with Gasteiger partial charge in [0.25, 0.3) is 0 Å². The monoisotopic (exact) mass is 293 g/mol. The number of aryl methyl sites for hydroxylation is 3. The van der Waals surface area contributed by atoms with Gasteiger partial charge in [0.05, 0.1) is 5.52 Å². The SMILES string of the molecule is Cc1cc(C)c2c(C)c3c(F)c(F)c(F)c(F)c3nc2c1. The number of pyridine rings is 1. The van der Waals surface area contributed by atoms with Crippen LogP contribution in [0.15, 0.2) is 12.1 Å². The highest BCUT2D eigenvalue weighted by atomic mass is 19.2. The van der Waals surface area contributed by atoms with Gasteiger partial charge >= 0.3 is 0 Å². The van der Waals surface area contributed by atoms with Crippen LogP contribution in [0.2, 0.25) is 0 Å². The number of nitrogens with zero attached hydrogens (tertiary/aromatic N) is 1. The molecule has 0 bridgehead atoms. The van der Waals surface area contributed by atoms with Gasteiger partial charge < -0.3 is 0 Å². The number of aromatic nitrogens is 1. The second-order valence-electron chi connectivity index (χ2n) is 5.19. The Bertz CT molecular complexity index is 916. The summed E-state index contributed by atoms with van der Waals surface area (Å²) in [5, 5.41) is 0.309. The Hall–Kier alpha value is -2.17. The van der Waals surface area contributed by atoms with E-state index in [1.807, 2.05) is 19.9 Å². The largest absolute Gasteiger partial charge is 0.244 e. The topological polar surface area (TPSA) is 12.9 Å². The molecule has 1 heterocycles. The summed E-state index contributed by atoms with van der Waals surface area (Å²) in [5.74, 6) is -6.52. The maximum atomic E-state index is 14.0. The maximum Gasteiger partial charge on any atom is 0.199 e. The molecule has 0 saturated heterocycles. The molecular formula is C16H11F4N. The molecule has 0 saturated carbocycles. The number of halogens is 4. The Balaban J connectivity index is 2.67. The molecule has 0 radical (unpaired) electrons. The molecule has 0 aliphatic rings. The Morgan fingerprint density at radius 1 is 0.762 bits per heavy atom. The first-order chi connectivity index (χ1) is 9.82. The third kappa shape index (κ3) is 1.80. The van der Waals surface area contributed by atoms with Crippen molar-refractivity contribution < 1.29 is 17.6 Å². The van der Waals surface area contributed by atoms with E-state index >= 15 is 0 Å². The molecule has 1 aromatic heterocycles. The van der Waals surface area contributed by atoms with E-state index in [9.17, 15) is 17.6 Å². The van der Waals surface area contributed by atoms with Crippen molar-refractivity contribution in [1.29, 1.82) is 0 Å². The fraction of sp³-hybridized carbons (Fsp3) is 0.188. The predicted molar refractivity (Wildman–Crippen MR) is 73.3 cm³/mol. The summed E-state index contributed by atoms with van der Waals surface area (Å²) < 4.78 is 54.8. The van der Waals surface area contributed by atoms with Crippen molar-refractivity contribution in [2.45, 2.75) is 20.8 Å². The van der Waals surface area contributed by atoms with E-state index in [2.05, 4.69) is 4.98 Å². The van der Waals surface area contributed by atoms with Crippen molar-refractivity contribution in [2.75, 3.05) is 0 Å². The molecule has 0 aliphatic heterocycles. The number of hydrogen-bond acceptors (Lipinski definition) is 1. The average molecular weight is 293 g/mol. The number of hydrogen-bond donors (Lipinski definition) is 0. The molecule has 0 fully saturated rings. The van der Waals surface area contributed by atoms with Crippen LogP contribution in [0, 0.1) is 44.0 Å². The fourth-order valence-electron chi connectivity index (χ4n) is 2.83. The summed E-state index contributed by atoms with van der Waals surface area (Å²) in [6.45, 7) is 5.20. The van der Waals surface area contributed by atoms with Crippen LogP contribution >= 0.6 is 0 Å². The molecule has 0 spiro atoms. The molecule has 0 amide bonds. The molecule has 0 unspecified atom stereocenters. The van der Waals surface area contributed by atoms with Crippen molar-refractivity contribution in [1.82, 2.24) is 4.98 Å². The van der Waals surface area contributed by atoms with Crippen LogP contribution in [-0.4, -0.2) is 4.98 Å². The highest BCUT2D eigenvalue weighted by Gasteiger charge is 2.24. The van der Waals surface area contributed by atoms with Crippen LogP contribution in [0.5, 0.6) is 0 Å². The van der Waals surface area contributed by atoms with Gasteiger partial charge in [-0.25, -0.2) is 22.5 Å². The van der Waals surface area contributed by atoms with Crippen LogP contribution in [0.3, 0.4) is 0 Å². The normalized spacial score (nSPS) is 11.6. The summed E-state index contributed by atoms with van der Waals surface area (Å²) in [6, 6.07) is 3.57. The van der Waals surface area contributed by atoms with Gasteiger partial charge in [-0.1, -0.05) is 6.07 Å². The Morgan fingerprint density at radius 2 is 1.38 bits per heavy atom. The molecule has 0 aliphatic carbocycles. The minimum Gasteiger partial charge on any atom is -0.244 e. The first-order valence-corrected chi connectivity index (χ1v) is 6.36. The van der Waals surface area contributed by atoms with E-state index in [0.717, 1.165) is 11.1 Å². The van der Waals surface area contributed by atoms with E-state index < -0.39 is 28.8 Å². The van der Waals surface area contributed by atoms with Crippen LogP contribution in [0.1, 0.15) is 16.7 Å². The standard InChI is InChI=1S/C16H11F4N/c1-6-4-7(2)10-8(3)11-12(17)13(18)14(19)15(20)16(11)21-9(10)5-6/h4-5H,1-3H3. The van der Waals surface area contributed by atoms with Gasteiger partial charge in [0.2, 0.25) is 0 Å². The van der Waals surface area contributed by atoms with E-state index in [4.69, 9.17) is 0 Å². The summed E-state index contributed by atoms with van der Waals surface area (Å²) in [5.41, 5.74) is 2.02. The van der Waals surface area contributed by atoms with Gasteiger partial charge in [0.1, 0.15) is 5.52 Å². The number of rotatable bonds is 0. The maximum absolute atomic E-state index is 14.0. The van der Waals surface area contributed by atoms with Crippen LogP contribution in [-0.2, 0) is 0 Å². The average Bonchev–Trinajstić information content (AvgIpc) is 2.41. The van der Waals surface area contributed by atoms with Gasteiger partial charge in [0.15, 0.2) is 23.3 Å². The van der Waals surface area contributed by atoms with E-state index in [1.165, 1.54) is 0 Å². The lowest BCUT2D eigenvalue weighted by Gasteiger charge is -2.12. The van der Waals surface area contributed by atoms with Crippen molar-refractivity contribution in [2.24, 2.45) is 0 Å². The van der Waals surface area contributed by atoms with Gasteiger partial charge in [-0.15, -0.1) is 0 Å². The third-order valence-electron chi connectivity index (χ3n) is 3.68. The molecule has 1 nitrogen and oxygen atoms in total. The first kappa shape index (κ1) is 13.8. The second kappa shape index (κ2) is 4.41. The minimum absolute atomic E-state index is 0.314. The molecule has 3 rings (SSSR count). The lowest BCUT2D eigenvalue weighted by molar-refractivity contribution is 0.417. The molecule has 21 heavy (non-hydrogen) atoms. The molecule has 3 aromatic rings. The second-order valence-corrected chi connectivity index (χ2v) is 5.19. The molecule has 108 valence electrons. The van der Waals surface area contributed by atoms with Crippen molar-refractivity contribution in [3.63, 3.8) is 0 Å². The number of benzene rings is 2. The van der Waals surface area contributed by atoms with Crippen molar-refractivity contribution in [3.05, 3.63) is 52.1 Å². The Kier molecular flexibility index (Phi) is 2.90. The summed E-state index contributed by atoms with van der Waals surface area (Å²) in [4.78, 5) is 4.00. The van der Waals surface area contributed by atoms with Gasteiger partial charge in [-0.2, -0.15) is 0 Å². The highest BCUT2D eigenvalue weighted by Crippen LogP contribution is 2.33. The molecular weight excluding hydrogens is 282 g/mol. The van der Waals surface area contributed by atoms with E-state index in [1.54, 1.807) is 13.0 Å². The molecule has 0 N–H and O–H groups in total. The van der Waals surface area contributed by atoms with E-state index in [-0.39, 0.29) is 5.39 Å². The van der Waals surface area contributed by atoms with Gasteiger partial charge in [-0.3, -0.25) is 0 Å². The van der Waals surface area contributed by atoms with Crippen molar-refractivity contribution in [3.8, 4) is 0 Å². The van der Waals surface area contributed by atoms with E-state index in [0.29, 0.717) is 16.5 Å². The zero-order valence-corrected chi connectivity index (χ0v) is 11.6. The predicted octanol–water partition coefficient (Wildman–Crippen LogP) is 4.87. The zero-order valence-electron chi connectivity index (χ0n) is 11.6. The van der Waals surface area contributed by atoms with Gasteiger partial charge in [-0.05, 0) is 43.5 Å². The first-order valence-electron chi connectivity index (χ1n) is 6.36. The molecule has 2 aromatic carbocycles. The lowest BCUT2D eigenvalue weighted by Crippen LogP contribution is -2.02. The van der Waals surface area contributed by atoms with Crippen LogP contribution in [0.25, 0.3) is 21.8 Å². The van der Waals surface area contributed by atoms with Crippen molar-refractivity contribution >= 4 is 21.8 Å². The lowest BCUT2D eigenvalue weighted by atomic mass is 9.98. The summed E-state index contributed by atoms with van der Waals surface area (Å²) in [7, 11) is 0. The fourth-order valence-corrected chi connectivity index (χ4v) is 2.83. The zero-order chi connectivity index (χ0) is 15.5. The van der Waals surface area contributed by atoms with Gasteiger partial charge in [0, 0.05) is 10.8 Å². The van der Waals surface area contributed by atoms with Crippen LogP contribution in [0.4, 0.5) is 17.6 Å². The third-order valence-corrected chi connectivity index (χ3v) is 3.68. The smallest absolute Gasteiger partial charge is 0.199 e. The Morgan fingerprint density at radius 3 is 2.05 bits per heavy atom. The molecule has 5 heteroatoms. The quantitative estimate of drug-likeness (QED) is 0.249. The number of fused-ring (bicyclic) bond motifs is 2. The summed E-state index contributed by atoms with van der Waals surface area (Å²) in [6.07, 6.45) is 0. The summed E-state index contributed by atoms with van der Waals surface area (Å²) >= 11 is 0. The Labute approximate surface area is 118 Å².